The Bertz CT molecular complexity index is 1700. The lowest BCUT2D eigenvalue weighted by molar-refractivity contribution is 0.0574. The third-order valence-corrected chi connectivity index (χ3v) is 8.50. The van der Waals surface area contributed by atoms with Crippen LogP contribution in [0.1, 0.15) is 29.8 Å². The predicted octanol–water partition coefficient (Wildman–Crippen LogP) is 2.05. The van der Waals surface area contributed by atoms with Crippen molar-refractivity contribution in [3.63, 3.8) is 0 Å². The number of carbonyl (C=O) groups is 2. The van der Waals surface area contributed by atoms with Gasteiger partial charge in [-0.25, -0.2) is 23.2 Å². The normalized spacial score (nSPS) is 15.8. The van der Waals surface area contributed by atoms with Gasteiger partial charge in [-0.05, 0) is 13.0 Å². The van der Waals surface area contributed by atoms with Crippen LogP contribution in [-0.2, 0) is 20.3 Å². The van der Waals surface area contributed by atoms with E-state index in [4.69, 9.17) is 10.5 Å². The Labute approximate surface area is 223 Å². The van der Waals surface area contributed by atoms with Crippen molar-refractivity contribution in [2.75, 3.05) is 18.8 Å². The molecule has 1 unspecified atom stereocenters. The molecule has 5 rings (SSSR count). The van der Waals surface area contributed by atoms with Gasteiger partial charge in [0.2, 0.25) is 16.1 Å². The second-order valence-corrected chi connectivity index (χ2v) is 11.4. The molecule has 13 nitrogen and oxygen atoms in total. The second kappa shape index (κ2) is 9.93. The molecule has 1 atom stereocenters. The molecule has 3 aromatic heterocycles. The average Bonchev–Trinajstić information content (AvgIpc) is 3.57. The van der Waals surface area contributed by atoms with Crippen molar-refractivity contribution in [3.8, 4) is 17.3 Å². The molecule has 2 N–H and O–H groups in total. The molecule has 1 amide bonds. The van der Waals surface area contributed by atoms with E-state index in [1.165, 1.54) is 21.4 Å². The summed E-state index contributed by atoms with van der Waals surface area (Å²) >= 11 is 0. The monoisotopic (exact) mass is 548 g/mol. The van der Waals surface area contributed by atoms with Gasteiger partial charge >= 0.3 is 6.09 Å². The summed E-state index contributed by atoms with van der Waals surface area (Å²) < 4.78 is 33.9. The van der Waals surface area contributed by atoms with Gasteiger partial charge in [-0.15, -0.1) is 0 Å². The summed E-state index contributed by atoms with van der Waals surface area (Å²) in [7, 11) is -3.38. The van der Waals surface area contributed by atoms with E-state index in [0.717, 1.165) is 0 Å². The van der Waals surface area contributed by atoms with Gasteiger partial charge in [0.05, 0.1) is 30.1 Å². The number of aromatic nitrogens is 5. The quantitative estimate of drug-likeness (QED) is 0.345. The molecule has 4 aromatic rings. The number of sulfonamides is 1. The highest BCUT2D eigenvalue weighted by atomic mass is 32.2. The minimum absolute atomic E-state index is 0.0236. The first-order valence-electron chi connectivity index (χ1n) is 12.0. The van der Waals surface area contributed by atoms with E-state index in [1.54, 1.807) is 60.4 Å². The van der Waals surface area contributed by atoms with E-state index < -0.39 is 33.7 Å². The fraction of sp³-hybridized carbons (Fsp3) is 0.280. The van der Waals surface area contributed by atoms with Crippen LogP contribution in [0, 0.1) is 11.3 Å². The van der Waals surface area contributed by atoms with Crippen molar-refractivity contribution in [1.29, 1.82) is 5.26 Å². The molecule has 200 valence electrons. The van der Waals surface area contributed by atoms with Gasteiger partial charge in [0, 0.05) is 42.0 Å². The molecule has 0 bridgehead atoms. The van der Waals surface area contributed by atoms with Gasteiger partial charge in [0.1, 0.15) is 11.9 Å². The Morgan fingerprint density at radius 3 is 2.62 bits per heavy atom. The zero-order valence-electron chi connectivity index (χ0n) is 20.8. The molecule has 1 fully saturated rings. The Balaban J connectivity index is 1.49. The topological polar surface area (TPSA) is 179 Å². The van der Waals surface area contributed by atoms with Crippen LogP contribution in [0.4, 0.5) is 4.79 Å². The number of fused-ring (bicyclic) bond motifs is 1. The number of nitrogens with two attached hydrogens (primary N) is 1. The maximum absolute atomic E-state index is 13.5. The molecule has 1 aliphatic rings. The summed E-state index contributed by atoms with van der Waals surface area (Å²) in [5, 5.41) is 14.4. The van der Waals surface area contributed by atoms with Crippen LogP contribution >= 0.6 is 0 Å². The first-order chi connectivity index (χ1) is 18.7. The fourth-order valence-corrected chi connectivity index (χ4v) is 5.91. The molecule has 0 saturated carbocycles. The summed E-state index contributed by atoms with van der Waals surface area (Å²) in [5.41, 5.74) is 6.24. The van der Waals surface area contributed by atoms with E-state index in [2.05, 4.69) is 21.1 Å². The van der Waals surface area contributed by atoms with Crippen molar-refractivity contribution < 1.29 is 22.7 Å². The number of rotatable bonds is 8. The summed E-state index contributed by atoms with van der Waals surface area (Å²) in [6, 6.07) is 12.3. The molecule has 39 heavy (non-hydrogen) atoms. The summed E-state index contributed by atoms with van der Waals surface area (Å²) in [5.74, 6) is -0.598. The lowest BCUT2D eigenvalue weighted by atomic mass is 9.89. The van der Waals surface area contributed by atoms with Crippen LogP contribution < -0.4 is 5.73 Å². The zero-order valence-corrected chi connectivity index (χ0v) is 21.7. The summed E-state index contributed by atoms with van der Waals surface area (Å²) in [6.45, 7) is 1.86. The van der Waals surface area contributed by atoms with Gasteiger partial charge in [-0.3, -0.25) is 14.0 Å². The van der Waals surface area contributed by atoms with Crippen LogP contribution in [-0.4, -0.2) is 67.9 Å². The third kappa shape index (κ3) is 4.62. The Kier molecular flexibility index (Phi) is 6.62. The molecular weight excluding hydrogens is 524 g/mol. The molecule has 1 saturated heterocycles. The molecule has 1 aliphatic heterocycles. The highest BCUT2D eigenvalue weighted by Gasteiger charge is 2.49. The number of hydrogen-bond donors (Lipinski definition) is 1. The fourth-order valence-electron chi connectivity index (χ4n) is 4.67. The van der Waals surface area contributed by atoms with Crippen molar-refractivity contribution >= 4 is 33.1 Å². The standard InChI is InChI=1S/C25H24N8O5S/c1-2-39(36,37)31-14-25(15-31,9-10-26)33-13-18(12-30-33)20-19-8-11-32(22(19)29-16-28-20)23(34)21(38-24(27)35)17-6-4-3-5-7-17/h3-8,11-13,16,21H,2,9,14-15H2,1H3,(H2,27,35). The third-order valence-electron chi connectivity index (χ3n) is 6.73. The van der Waals surface area contributed by atoms with Gasteiger partial charge in [0.15, 0.2) is 5.65 Å². The molecule has 14 heteroatoms. The summed E-state index contributed by atoms with van der Waals surface area (Å²) in [6.07, 6.45) is 3.78. The van der Waals surface area contributed by atoms with Gasteiger partial charge < -0.3 is 10.5 Å². The van der Waals surface area contributed by atoms with E-state index in [-0.39, 0.29) is 30.9 Å². The maximum atomic E-state index is 13.5. The number of benzene rings is 1. The molecule has 0 aliphatic carbocycles. The number of nitrogens with zero attached hydrogens (tertiary/aromatic N) is 7. The first kappa shape index (κ1) is 26.0. The molecular formula is C25H24N8O5S. The van der Waals surface area contributed by atoms with Crippen molar-refractivity contribution in [2.45, 2.75) is 25.0 Å². The highest BCUT2D eigenvalue weighted by molar-refractivity contribution is 7.89. The van der Waals surface area contributed by atoms with E-state index in [0.29, 0.717) is 22.2 Å². The molecule has 1 aromatic carbocycles. The lowest BCUT2D eigenvalue weighted by Crippen LogP contribution is -2.64. The first-order valence-corrected chi connectivity index (χ1v) is 13.6. The zero-order chi connectivity index (χ0) is 27.8. The number of carbonyl (C=O) groups excluding carboxylic acids is 2. The SMILES string of the molecule is CCS(=O)(=O)N1CC(CC#N)(n2cc(-c3ncnc4c3ccn4C(=O)C(OC(N)=O)c3ccccc3)cn2)C1. The van der Waals surface area contributed by atoms with Gasteiger partial charge in [-0.1, -0.05) is 30.3 Å². The maximum Gasteiger partial charge on any atom is 0.405 e. The van der Waals surface area contributed by atoms with Crippen LogP contribution in [0.25, 0.3) is 22.3 Å². The van der Waals surface area contributed by atoms with Crippen LogP contribution in [0.2, 0.25) is 0 Å². The van der Waals surface area contributed by atoms with E-state index >= 15 is 0 Å². The number of hydrogen-bond acceptors (Lipinski definition) is 9. The highest BCUT2D eigenvalue weighted by Crippen LogP contribution is 2.36. The largest absolute Gasteiger partial charge is 0.431 e. The minimum atomic E-state index is -3.38. The Hall–Kier alpha value is -4.61. The second-order valence-electron chi connectivity index (χ2n) is 9.11. The molecule has 0 radical (unpaired) electrons. The number of ether oxygens (including phenoxy) is 1. The van der Waals surface area contributed by atoms with Crippen LogP contribution in [0.3, 0.4) is 0 Å². The van der Waals surface area contributed by atoms with Gasteiger partial charge in [0.25, 0.3) is 5.91 Å². The number of nitriles is 1. The Morgan fingerprint density at radius 1 is 1.21 bits per heavy atom. The number of amides is 1. The average molecular weight is 549 g/mol. The summed E-state index contributed by atoms with van der Waals surface area (Å²) in [4.78, 5) is 33.7. The molecule has 0 spiro atoms. The number of primary amides is 1. The van der Waals surface area contributed by atoms with Crippen molar-refractivity contribution in [2.24, 2.45) is 5.73 Å². The van der Waals surface area contributed by atoms with E-state index in [9.17, 15) is 23.3 Å². The minimum Gasteiger partial charge on any atom is -0.431 e. The van der Waals surface area contributed by atoms with Crippen LogP contribution in [0.15, 0.2) is 61.3 Å². The van der Waals surface area contributed by atoms with E-state index in [1.807, 2.05) is 0 Å². The predicted molar refractivity (Wildman–Crippen MR) is 138 cm³/mol. The Morgan fingerprint density at radius 2 is 1.95 bits per heavy atom. The lowest BCUT2D eigenvalue weighted by Gasteiger charge is -2.47. The van der Waals surface area contributed by atoms with Crippen molar-refractivity contribution in [3.05, 3.63) is 66.9 Å². The van der Waals surface area contributed by atoms with Crippen LogP contribution in [0.5, 0.6) is 0 Å². The van der Waals surface area contributed by atoms with Gasteiger partial charge in [-0.2, -0.15) is 14.7 Å². The smallest absolute Gasteiger partial charge is 0.405 e. The van der Waals surface area contributed by atoms with Crippen molar-refractivity contribution in [1.82, 2.24) is 28.6 Å². The molecule has 4 heterocycles.